The molecular weight excluding hydrogens is 391 g/mol. The molecular formula is C23H28Cl2N2O. The first kappa shape index (κ1) is 21.2. The maximum atomic E-state index is 12.8. The molecule has 1 atom stereocenters. The molecule has 0 aliphatic carbocycles. The van der Waals surface area contributed by atoms with Crippen molar-refractivity contribution < 1.29 is 4.79 Å². The molecule has 0 unspecified atom stereocenters. The number of nitrogens with zero attached hydrogens (tertiary/aromatic N) is 1. The van der Waals surface area contributed by atoms with Crippen LogP contribution in [0.4, 0.5) is 0 Å². The molecule has 1 aliphatic heterocycles. The number of nitrogens with one attached hydrogen (secondary N) is 1. The summed E-state index contributed by atoms with van der Waals surface area (Å²) >= 11 is 12.1. The Morgan fingerprint density at radius 3 is 2.50 bits per heavy atom. The quantitative estimate of drug-likeness (QED) is 0.674. The van der Waals surface area contributed by atoms with Crippen LogP contribution in [0.2, 0.25) is 10.0 Å². The monoisotopic (exact) mass is 418 g/mol. The Kier molecular flexibility index (Phi) is 7.03. The van der Waals surface area contributed by atoms with E-state index in [1.54, 1.807) is 0 Å². The minimum atomic E-state index is 0.0293. The van der Waals surface area contributed by atoms with E-state index >= 15 is 0 Å². The third-order valence-corrected chi connectivity index (χ3v) is 6.35. The van der Waals surface area contributed by atoms with E-state index in [1.807, 2.05) is 18.2 Å². The summed E-state index contributed by atoms with van der Waals surface area (Å²) in [6.45, 7) is 8.91. The van der Waals surface area contributed by atoms with Gasteiger partial charge in [0.25, 0.3) is 0 Å². The zero-order valence-electron chi connectivity index (χ0n) is 16.8. The number of benzene rings is 2. The van der Waals surface area contributed by atoms with Gasteiger partial charge in [-0.15, -0.1) is 0 Å². The molecule has 1 fully saturated rings. The van der Waals surface area contributed by atoms with Crippen LogP contribution in [0, 0.1) is 19.8 Å². The summed E-state index contributed by atoms with van der Waals surface area (Å²) in [5, 5.41) is 4.40. The lowest BCUT2D eigenvalue weighted by molar-refractivity contribution is -0.127. The molecule has 0 saturated carbocycles. The van der Waals surface area contributed by atoms with Crippen LogP contribution in [-0.4, -0.2) is 23.9 Å². The Hall–Kier alpha value is -1.55. The Balaban J connectivity index is 1.52. The second kappa shape index (κ2) is 9.30. The molecule has 28 heavy (non-hydrogen) atoms. The maximum Gasteiger partial charge on any atom is 0.223 e. The van der Waals surface area contributed by atoms with Gasteiger partial charge in [-0.3, -0.25) is 9.69 Å². The first-order valence-electron chi connectivity index (χ1n) is 9.87. The van der Waals surface area contributed by atoms with Crippen molar-refractivity contribution in [1.82, 2.24) is 10.2 Å². The van der Waals surface area contributed by atoms with Crippen LogP contribution in [0.1, 0.15) is 48.1 Å². The third-order valence-electron chi connectivity index (χ3n) is 5.61. The molecule has 2 aromatic rings. The average Bonchev–Trinajstić information content (AvgIpc) is 2.67. The van der Waals surface area contributed by atoms with Crippen molar-refractivity contribution in [2.24, 2.45) is 5.92 Å². The van der Waals surface area contributed by atoms with Crippen molar-refractivity contribution in [1.29, 1.82) is 0 Å². The smallest absolute Gasteiger partial charge is 0.223 e. The summed E-state index contributed by atoms with van der Waals surface area (Å²) in [5.74, 6) is 0.250. The predicted octanol–water partition coefficient (Wildman–Crippen LogP) is 5.70. The SMILES string of the molecule is Cc1ccc(C)c([C@@H](C)NC(=O)C2CCN(Cc3ccc(Cl)c(Cl)c3)CC2)c1. The van der Waals surface area contributed by atoms with Crippen molar-refractivity contribution in [2.75, 3.05) is 13.1 Å². The second-order valence-corrected chi connectivity index (χ2v) is 8.70. The fourth-order valence-corrected chi connectivity index (χ4v) is 4.21. The van der Waals surface area contributed by atoms with Gasteiger partial charge in [0.1, 0.15) is 0 Å². The molecule has 3 rings (SSSR count). The van der Waals surface area contributed by atoms with Gasteiger partial charge < -0.3 is 5.32 Å². The molecule has 1 heterocycles. The Morgan fingerprint density at radius 1 is 1.11 bits per heavy atom. The van der Waals surface area contributed by atoms with Crippen molar-refractivity contribution in [3.8, 4) is 0 Å². The number of piperidine rings is 1. The summed E-state index contributed by atoms with van der Waals surface area (Å²) in [6, 6.07) is 12.2. The van der Waals surface area contributed by atoms with Gasteiger partial charge in [-0.2, -0.15) is 0 Å². The lowest BCUT2D eigenvalue weighted by Gasteiger charge is -2.32. The van der Waals surface area contributed by atoms with E-state index in [9.17, 15) is 4.79 Å². The largest absolute Gasteiger partial charge is 0.349 e. The summed E-state index contributed by atoms with van der Waals surface area (Å²) < 4.78 is 0. The number of rotatable bonds is 5. The van der Waals surface area contributed by atoms with Crippen LogP contribution >= 0.6 is 23.2 Å². The van der Waals surface area contributed by atoms with Crippen LogP contribution < -0.4 is 5.32 Å². The molecule has 1 saturated heterocycles. The van der Waals surface area contributed by atoms with Gasteiger partial charge in [-0.25, -0.2) is 0 Å². The van der Waals surface area contributed by atoms with Gasteiger partial charge in [0, 0.05) is 12.5 Å². The van der Waals surface area contributed by atoms with E-state index in [1.165, 1.54) is 16.7 Å². The normalized spacial score (nSPS) is 16.8. The molecule has 3 nitrogen and oxygen atoms in total. The standard InChI is InChI=1S/C23H28Cl2N2O/c1-15-4-5-16(2)20(12-15)17(3)26-23(28)19-8-10-27(11-9-19)14-18-6-7-21(24)22(25)13-18/h4-7,12-13,17,19H,8-11,14H2,1-3H3,(H,26,28)/t17-/m1/s1. The number of aryl methyl sites for hydroxylation is 2. The number of carbonyl (C=O) groups excluding carboxylic acids is 1. The van der Waals surface area contributed by atoms with Gasteiger partial charge in [-0.05, 0) is 75.5 Å². The summed E-state index contributed by atoms with van der Waals surface area (Å²) in [4.78, 5) is 15.1. The van der Waals surface area contributed by atoms with Crippen molar-refractivity contribution in [3.05, 3.63) is 68.7 Å². The first-order chi connectivity index (χ1) is 13.3. The van der Waals surface area contributed by atoms with Crippen molar-refractivity contribution in [3.63, 3.8) is 0 Å². The lowest BCUT2D eigenvalue weighted by Crippen LogP contribution is -2.41. The minimum Gasteiger partial charge on any atom is -0.349 e. The number of hydrogen-bond acceptors (Lipinski definition) is 2. The van der Waals surface area contributed by atoms with Gasteiger partial charge >= 0.3 is 0 Å². The number of halogens is 2. The summed E-state index contributed by atoms with van der Waals surface area (Å²) in [7, 11) is 0. The average molecular weight is 419 g/mol. The zero-order chi connectivity index (χ0) is 20.3. The highest BCUT2D eigenvalue weighted by atomic mass is 35.5. The predicted molar refractivity (Wildman–Crippen MR) is 117 cm³/mol. The molecule has 0 aromatic heterocycles. The molecule has 0 bridgehead atoms. The van der Waals surface area contributed by atoms with E-state index in [0.29, 0.717) is 10.0 Å². The molecule has 2 aromatic carbocycles. The van der Waals surface area contributed by atoms with Gasteiger partial charge in [0.05, 0.1) is 16.1 Å². The van der Waals surface area contributed by atoms with E-state index < -0.39 is 0 Å². The van der Waals surface area contributed by atoms with E-state index in [4.69, 9.17) is 23.2 Å². The van der Waals surface area contributed by atoms with E-state index in [2.05, 4.69) is 49.2 Å². The fraction of sp³-hybridized carbons (Fsp3) is 0.435. The van der Waals surface area contributed by atoms with Gasteiger partial charge in [0.15, 0.2) is 0 Å². The molecule has 150 valence electrons. The summed E-state index contributed by atoms with van der Waals surface area (Å²) in [5.41, 5.74) is 4.79. The van der Waals surface area contributed by atoms with E-state index in [-0.39, 0.29) is 17.9 Å². The molecule has 1 aliphatic rings. The minimum absolute atomic E-state index is 0.0293. The Labute approximate surface area is 178 Å². The van der Waals surface area contributed by atoms with E-state index in [0.717, 1.165) is 38.0 Å². The van der Waals surface area contributed by atoms with Crippen LogP contribution in [0.15, 0.2) is 36.4 Å². The van der Waals surface area contributed by atoms with Crippen LogP contribution in [0.3, 0.4) is 0 Å². The van der Waals surface area contributed by atoms with Crippen LogP contribution in [0.5, 0.6) is 0 Å². The van der Waals surface area contributed by atoms with Crippen LogP contribution in [-0.2, 0) is 11.3 Å². The molecule has 1 N–H and O–H groups in total. The lowest BCUT2D eigenvalue weighted by atomic mass is 9.94. The molecule has 0 radical (unpaired) electrons. The zero-order valence-corrected chi connectivity index (χ0v) is 18.3. The third kappa shape index (κ3) is 5.28. The highest BCUT2D eigenvalue weighted by Gasteiger charge is 2.26. The van der Waals surface area contributed by atoms with Crippen molar-refractivity contribution in [2.45, 2.75) is 46.2 Å². The van der Waals surface area contributed by atoms with Crippen molar-refractivity contribution >= 4 is 29.1 Å². The van der Waals surface area contributed by atoms with Gasteiger partial charge in [0.2, 0.25) is 5.91 Å². The number of hydrogen-bond donors (Lipinski definition) is 1. The Morgan fingerprint density at radius 2 is 1.82 bits per heavy atom. The number of carbonyl (C=O) groups is 1. The highest BCUT2D eigenvalue weighted by molar-refractivity contribution is 6.42. The molecule has 1 amide bonds. The number of likely N-dealkylation sites (tertiary alicyclic amines) is 1. The number of amides is 1. The maximum absolute atomic E-state index is 12.8. The van der Waals surface area contributed by atoms with Crippen LogP contribution in [0.25, 0.3) is 0 Å². The Bertz CT molecular complexity index is 844. The summed E-state index contributed by atoms with van der Waals surface area (Å²) in [6.07, 6.45) is 1.76. The first-order valence-corrected chi connectivity index (χ1v) is 10.6. The molecule has 0 spiro atoms. The highest BCUT2D eigenvalue weighted by Crippen LogP contribution is 2.26. The fourth-order valence-electron chi connectivity index (χ4n) is 3.88. The molecule has 5 heteroatoms. The second-order valence-electron chi connectivity index (χ2n) is 7.89. The topological polar surface area (TPSA) is 32.3 Å². The van der Waals surface area contributed by atoms with Gasteiger partial charge in [-0.1, -0.05) is 53.0 Å².